The van der Waals surface area contributed by atoms with Crippen LogP contribution in [-0.4, -0.2) is 42.0 Å². The van der Waals surface area contributed by atoms with Gasteiger partial charge >= 0.3 is 0 Å². The molecule has 1 aromatic heterocycles. The van der Waals surface area contributed by atoms with E-state index >= 15 is 0 Å². The molecule has 0 fully saturated rings. The lowest BCUT2D eigenvalue weighted by Crippen LogP contribution is -2.27. The summed E-state index contributed by atoms with van der Waals surface area (Å²) < 4.78 is 14.2. The van der Waals surface area contributed by atoms with Crippen LogP contribution >= 0.6 is 0 Å². The Labute approximate surface area is 210 Å². The van der Waals surface area contributed by atoms with Crippen LogP contribution in [0.1, 0.15) is 47.5 Å². The van der Waals surface area contributed by atoms with E-state index in [1.807, 2.05) is 0 Å². The third-order valence-corrected chi connectivity index (χ3v) is 4.80. The molecule has 0 saturated carbocycles. The Morgan fingerprint density at radius 2 is 1.74 bits per heavy atom. The number of hydrogen-bond acceptors (Lipinski definition) is 6. The third-order valence-electron chi connectivity index (χ3n) is 4.80. The fourth-order valence-electron chi connectivity index (χ4n) is 3.19. The molecule has 8 heteroatoms. The van der Waals surface area contributed by atoms with Crippen molar-refractivity contribution in [1.82, 2.24) is 9.88 Å². The van der Waals surface area contributed by atoms with Crippen molar-refractivity contribution in [2.75, 3.05) is 30.3 Å². The molecule has 1 heterocycles. The number of benzene rings is 1. The second-order valence-corrected chi connectivity index (χ2v) is 8.39. The summed E-state index contributed by atoms with van der Waals surface area (Å²) in [6.07, 6.45) is 10.5. The molecule has 0 radical (unpaired) electrons. The highest BCUT2D eigenvalue weighted by atomic mass is 19.1. The minimum Gasteiger partial charge on any atom is -0.390 e. The maximum Gasteiger partial charge on any atom is 0.148 e. The molecule has 0 spiro atoms. The monoisotopic (exact) mass is 483 g/mol. The molecule has 7 nitrogen and oxygen atoms in total. The second-order valence-electron chi connectivity index (χ2n) is 8.39. The molecule has 192 valence electrons. The number of nitrogens with one attached hydrogen (secondary N) is 2. The normalized spacial score (nSPS) is 12.2. The van der Waals surface area contributed by atoms with Gasteiger partial charge in [0.05, 0.1) is 18.2 Å². The molecule has 0 aliphatic heterocycles. The second kappa shape index (κ2) is 17.2. The van der Waals surface area contributed by atoms with Gasteiger partial charge in [-0.25, -0.2) is 9.38 Å². The molecular weight excluding hydrogens is 441 g/mol. The summed E-state index contributed by atoms with van der Waals surface area (Å²) in [5.74, 6) is -0.389. The van der Waals surface area contributed by atoms with Crippen LogP contribution in [0.3, 0.4) is 0 Å². The van der Waals surface area contributed by atoms with Crippen molar-refractivity contribution >= 4 is 23.4 Å². The van der Waals surface area contributed by atoms with Crippen molar-refractivity contribution < 1.29 is 4.39 Å². The van der Waals surface area contributed by atoms with Gasteiger partial charge in [-0.1, -0.05) is 25.5 Å². The first-order valence-corrected chi connectivity index (χ1v) is 12.1. The van der Waals surface area contributed by atoms with Crippen molar-refractivity contribution in [1.29, 1.82) is 0 Å². The van der Waals surface area contributed by atoms with E-state index in [-0.39, 0.29) is 5.82 Å². The van der Waals surface area contributed by atoms with Crippen LogP contribution in [0.5, 0.6) is 0 Å². The van der Waals surface area contributed by atoms with Crippen LogP contribution in [0.4, 0.5) is 21.5 Å². The molecular formula is C27H42FN7. The van der Waals surface area contributed by atoms with Crippen molar-refractivity contribution in [2.24, 2.45) is 16.5 Å². The van der Waals surface area contributed by atoms with Gasteiger partial charge in [-0.05, 0) is 83.1 Å². The van der Waals surface area contributed by atoms with Gasteiger partial charge in [0.2, 0.25) is 0 Å². The standard InChI is InChI=1S/C16H19FN6.C11H23N/c1-11(21-10-18)8-16(19)23-13-2-3-15(14(17)9-13)22-12-4-6-20-7-5-12;1-5-8-12(9-6-2)10-7-11(3)4/h2-10,16,23H,19H2,1H3,(H2,18,21)(H,20,22);7H,5-6,8-10H2,1-4H3/b11-8-;. The summed E-state index contributed by atoms with van der Waals surface area (Å²) in [6.45, 7) is 14.2. The van der Waals surface area contributed by atoms with Crippen molar-refractivity contribution in [3.05, 3.63) is 72.0 Å². The van der Waals surface area contributed by atoms with Gasteiger partial charge in [0.1, 0.15) is 5.82 Å². The van der Waals surface area contributed by atoms with Crippen molar-refractivity contribution in [2.45, 2.75) is 53.6 Å². The number of rotatable bonds is 12. The number of halogens is 1. The first kappa shape index (κ1) is 29.8. The van der Waals surface area contributed by atoms with Gasteiger partial charge < -0.3 is 22.1 Å². The number of aromatic nitrogens is 1. The third kappa shape index (κ3) is 13.3. The number of nitrogens with zero attached hydrogens (tertiary/aromatic N) is 3. The highest BCUT2D eigenvalue weighted by molar-refractivity contribution is 5.63. The average molecular weight is 484 g/mol. The highest BCUT2D eigenvalue weighted by Gasteiger charge is 2.06. The van der Waals surface area contributed by atoms with E-state index in [2.05, 4.69) is 59.3 Å². The summed E-state index contributed by atoms with van der Waals surface area (Å²) in [6, 6.07) is 8.26. The number of anilines is 3. The minimum absolute atomic E-state index is 0.370. The SMILES string of the molecule is C/C(=C/C(N)Nc1ccc(Nc2ccncc2)c(F)c1)N=CN.CCCN(CC=C(C)C)CCC. The van der Waals surface area contributed by atoms with Crippen LogP contribution in [0.2, 0.25) is 0 Å². The predicted octanol–water partition coefficient (Wildman–Crippen LogP) is 5.63. The zero-order valence-electron chi connectivity index (χ0n) is 21.8. The van der Waals surface area contributed by atoms with Gasteiger partial charge in [-0.3, -0.25) is 9.88 Å². The van der Waals surface area contributed by atoms with Gasteiger partial charge in [0, 0.05) is 36.0 Å². The van der Waals surface area contributed by atoms with Gasteiger partial charge in [-0.2, -0.15) is 0 Å². The molecule has 0 bridgehead atoms. The molecule has 1 aromatic carbocycles. The maximum absolute atomic E-state index is 14.2. The van der Waals surface area contributed by atoms with E-state index in [0.29, 0.717) is 17.1 Å². The van der Waals surface area contributed by atoms with Crippen molar-refractivity contribution in [3.63, 3.8) is 0 Å². The summed E-state index contributed by atoms with van der Waals surface area (Å²) in [4.78, 5) is 10.3. The van der Waals surface area contributed by atoms with Gasteiger partial charge in [-0.15, -0.1) is 0 Å². The molecule has 35 heavy (non-hydrogen) atoms. The molecule has 0 saturated heterocycles. The quantitative estimate of drug-likeness (QED) is 0.135. The fraction of sp³-hybridized carbons (Fsp3) is 0.407. The Balaban J connectivity index is 0.000000434. The van der Waals surface area contributed by atoms with Crippen LogP contribution in [-0.2, 0) is 0 Å². The summed E-state index contributed by atoms with van der Waals surface area (Å²) >= 11 is 0. The highest BCUT2D eigenvalue weighted by Crippen LogP contribution is 2.22. The zero-order valence-corrected chi connectivity index (χ0v) is 21.8. The smallest absolute Gasteiger partial charge is 0.148 e. The lowest BCUT2D eigenvalue weighted by molar-refractivity contribution is 0.303. The Hall–Kier alpha value is -3.23. The molecule has 0 aliphatic carbocycles. The Bertz CT molecular complexity index is 932. The van der Waals surface area contributed by atoms with Crippen LogP contribution in [0.25, 0.3) is 0 Å². The molecule has 6 N–H and O–H groups in total. The minimum atomic E-state index is -0.503. The molecule has 0 amide bonds. The van der Waals surface area contributed by atoms with Gasteiger partial charge in [0.25, 0.3) is 0 Å². The van der Waals surface area contributed by atoms with Crippen LogP contribution < -0.4 is 22.1 Å². The van der Waals surface area contributed by atoms with E-state index in [0.717, 1.165) is 12.2 Å². The van der Waals surface area contributed by atoms with E-state index in [9.17, 15) is 4.39 Å². The zero-order chi connectivity index (χ0) is 26.1. The lowest BCUT2D eigenvalue weighted by atomic mass is 10.2. The summed E-state index contributed by atoms with van der Waals surface area (Å²) in [7, 11) is 0. The van der Waals surface area contributed by atoms with E-state index < -0.39 is 6.17 Å². The largest absolute Gasteiger partial charge is 0.390 e. The van der Waals surface area contributed by atoms with Crippen molar-refractivity contribution in [3.8, 4) is 0 Å². The summed E-state index contributed by atoms with van der Waals surface area (Å²) in [5, 5.41) is 5.95. The maximum atomic E-state index is 14.2. The molecule has 1 atom stereocenters. The van der Waals surface area contributed by atoms with Crippen LogP contribution in [0.15, 0.2) is 71.1 Å². The first-order valence-electron chi connectivity index (χ1n) is 12.1. The first-order chi connectivity index (χ1) is 16.8. The fourth-order valence-corrected chi connectivity index (χ4v) is 3.19. The number of pyridine rings is 1. The molecule has 1 unspecified atom stereocenters. The average Bonchev–Trinajstić information content (AvgIpc) is 2.81. The number of nitrogens with two attached hydrogens (primary N) is 2. The Morgan fingerprint density at radius 3 is 2.29 bits per heavy atom. The Kier molecular flexibility index (Phi) is 14.7. The van der Waals surface area contributed by atoms with E-state index in [1.165, 1.54) is 43.9 Å². The van der Waals surface area contributed by atoms with Crippen LogP contribution in [0, 0.1) is 5.82 Å². The number of hydrogen-bond donors (Lipinski definition) is 4. The number of allylic oxidation sites excluding steroid dienone is 2. The molecule has 0 aliphatic rings. The van der Waals surface area contributed by atoms with Gasteiger partial charge in [0.15, 0.2) is 0 Å². The molecule has 2 aromatic rings. The van der Waals surface area contributed by atoms with E-state index in [4.69, 9.17) is 11.5 Å². The topological polar surface area (TPSA) is 105 Å². The molecule has 2 rings (SSSR count). The summed E-state index contributed by atoms with van der Waals surface area (Å²) in [5.41, 5.74) is 14.9. The lowest BCUT2D eigenvalue weighted by Gasteiger charge is -2.18. The Morgan fingerprint density at radius 1 is 1.09 bits per heavy atom. The predicted molar refractivity (Wildman–Crippen MR) is 148 cm³/mol. The van der Waals surface area contributed by atoms with E-state index in [1.54, 1.807) is 49.7 Å². The number of aliphatic imine (C=N–C) groups is 1.